The van der Waals surface area contributed by atoms with Gasteiger partial charge < -0.3 is 19.5 Å². The summed E-state index contributed by atoms with van der Waals surface area (Å²) in [6, 6.07) is 14.7. The first-order chi connectivity index (χ1) is 11.7. The number of amides is 1. The van der Waals surface area contributed by atoms with Crippen molar-refractivity contribution >= 4 is 17.7 Å². The molecule has 2 aromatic rings. The lowest BCUT2D eigenvalue weighted by atomic mass is 10.2. The zero-order valence-electron chi connectivity index (χ0n) is 13.8. The van der Waals surface area contributed by atoms with Crippen LogP contribution in [-0.4, -0.2) is 33.3 Å². The summed E-state index contributed by atoms with van der Waals surface area (Å²) in [5.74, 6) is 1.16. The average Bonchev–Trinajstić information content (AvgIpc) is 2.62. The largest absolute Gasteiger partial charge is 0.497 e. The quantitative estimate of drug-likeness (QED) is 0.596. The average molecular weight is 327 g/mol. The van der Waals surface area contributed by atoms with Crippen molar-refractivity contribution in [2.24, 2.45) is 0 Å². The maximum absolute atomic E-state index is 12.1. The van der Waals surface area contributed by atoms with Gasteiger partial charge in [0, 0.05) is 13.2 Å². The van der Waals surface area contributed by atoms with E-state index in [4.69, 9.17) is 14.2 Å². The lowest BCUT2D eigenvalue weighted by molar-refractivity contribution is -0.111. The molecule has 0 aliphatic rings. The normalized spacial score (nSPS) is 10.6. The molecule has 1 N–H and O–H groups in total. The number of benzene rings is 2. The van der Waals surface area contributed by atoms with Crippen LogP contribution in [-0.2, 0) is 9.53 Å². The maximum atomic E-state index is 12.1. The van der Waals surface area contributed by atoms with Gasteiger partial charge in [0.05, 0.1) is 19.4 Å². The van der Waals surface area contributed by atoms with Crippen molar-refractivity contribution in [2.45, 2.75) is 0 Å². The molecule has 0 aliphatic carbocycles. The number of hydrogen-bond donors (Lipinski definition) is 1. The summed E-state index contributed by atoms with van der Waals surface area (Å²) in [4.78, 5) is 12.1. The first-order valence-electron chi connectivity index (χ1n) is 7.57. The van der Waals surface area contributed by atoms with Gasteiger partial charge in [-0.2, -0.15) is 0 Å². The lowest BCUT2D eigenvalue weighted by Gasteiger charge is -2.11. The Bertz CT molecular complexity index is 680. The minimum absolute atomic E-state index is 0.228. The van der Waals surface area contributed by atoms with E-state index in [9.17, 15) is 4.79 Å². The SMILES string of the molecule is COCCOc1ccccc1NC(=O)/C=C/c1ccc(OC)cc1. The van der Waals surface area contributed by atoms with Crippen molar-refractivity contribution in [1.29, 1.82) is 0 Å². The molecule has 5 heteroatoms. The van der Waals surface area contributed by atoms with Crippen molar-refractivity contribution in [3.63, 3.8) is 0 Å². The summed E-state index contributed by atoms with van der Waals surface area (Å²) < 4.78 is 15.6. The third kappa shape index (κ3) is 5.44. The van der Waals surface area contributed by atoms with E-state index < -0.39 is 0 Å². The highest BCUT2D eigenvalue weighted by Crippen LogP contribution is 2.23. The Labute approximate surface area is 141 Å². The summed E-state index contributed by atoms with van der Waals surface area (Å²) in [6.07, 6.45) is 3.22. The highest BCUT2D eigenvalue weighted by molar-refractivity contribution is 6.02. The number of anilines is 1. The molecule has 0 saturated heterocycles. The Morgan fingerprint density at radius 3 is 2.50 bits per heavy atom. The van der Waals surface area contributed by atoms with Crippen LogP contribution in [0.2, 0.25) is 0 Å². The Kier molecular flexibility index (Phi) is 6.86. The van der Waals surface area contributed by atoms with Crippen LogP contribution in [0.1, 0.15) is 5.56 Å². The van der Waals surface area contributed by atoms with Gasteiger partial charge in [0.2, 0.25) is 5.91 Å². The molecule has 0 atom stereocenters. The molecule has 24 heavy (non-hydrogen) atoms. The van der Waals surface area contributed by atoms with Crippen molar-refractivity contribution in [3.05, 3.63) is 60.2 Å². The smallest absolute Gasteiger partial charge is 0.248 e. The third-order valence-electron chi connectivity index (χ3n) is 3.23. The molecule has 1 amide bonds. The predicted molar refractivity (Wildman–Crippen MR) is 94.5 cm³/mol. The molecule has 0 aliphatic heterocycles. The molecule has 0 heterocycles. The molecule has 2 aromatic carbocycles. The van der Waals surface area contributed by atoms with Gasteiger partial charge in [-0.1, -0.05) is 24.3 Å². The molecule has 0 fully saturated rings. The van der Waals surface area contributed by atoms with E-state index in [1.165, 1.54) is 6.08 Å². The minimum atomic E-state index is -0.228. The highest BCUT2D eigenvalue weighted by Gasteiger charge is 2.05. The topological polar surface area (TPSA) is 56.8 Å². The summed E-state index contributed by atoms with van der Waals surface area (Å²) in [6.45, 7) is 0.907. The fraction of sp³-hybridized carbons (Fsp3) is 0.211. The van der Waals surface area contributed by atoms with E-state index in [1.807, 2.05) is 36.4 Å². The minimum Gasteiger partial charge on any atom is -0.497 e. The van der Waals surface area contributed by atoms with E-state index in [-0.39, 0.29) is 5.91 Å². The van der Waals surface area contributed by atoms with Crippen molar-refractivity contribution in [1.82, 2.24) is 0 Å². The van der Waals surface area contributed by atoms with Crippen molar-refractivity contribution in [3.8, 4) is 11.5 Å². The zero-order chi connectivity index (χ0) is 17.2. The van der Waals surface area contributed by atoms with E-state index in [1.54, 1.807) is 32.4 Å². The number of carbonyl (C=O) groups is 1. The summed E-state index contributed by atoms with van der Waals surface area (Å²) in [5.41, 5.74) is 1.54. The molecule has 0 aromatic heterocycles. The molecule has 0 radical (unpaired) electrons. The maximum Gasteiger partial charge on any atom is 0.248 e. The number of methoxy groups -OCH3 is 2. The molecular weight excluding hydrogens is 306 g/mol. The van der Waals surface area contributed by atoms with E-state index in [2.05, 4.69) is 5.32 Å². The second-order valence-electron chi connectivity index (χ2n) is 4.93. The Balaban J connectivity index is 1.97. The van der Waals surface area contributed by atoms with Crippen LogP contribution in [0.25, 0.3) is 6.08 Å². The number of hydrogen-bond acceptors (Lipinski definition) is 4. The number of carbonyl (C=O) groups excluding carboxylic acids is 1. The van der Waals surface area contributed by atoms with E-state index in [0.29, 0.717) is 24.7 Å². The Morgan fingerprint density at radius 1 is 1.04 bits per heavy atom. The van der Waals surface area contributed by atoms with Gasteiger partial charge in [-0.3, -0.25) is 4.79 Å². The van der Waals surface area contributed by atoms with Crippen LogP contribution in [0.4, 0.5) is 5.69 Å². The molecule has 0 unspecified atom stereocenters. The van der Waals surface area contributed by atoms with Crippen LogP contribution >= 0.6 is 0 Å². The third-order valence-corrected chi connectivity index (χ3v) is 3.23. The van der Waals surface area contributed by atoms with Crippen LogP contribution in [0.15, 0.2) is 54.6 Å². The van der Waals surface area contributed by atoms with Crippen molar-refractivity contribution < 1.29 is 19.0 Å². The van der Waals surface area contributed by atoms with Crippen LogP contribution in [0.3, 0.4) is 0 Å². The Morgan fingerprint density at radius 2 is 1.79 bits per heavy atom. The molecule has 5 nitrogen and oxygen atoms in total. The fourth-order valence-corrected chi connectivity index (χ4v) is 1.99. The van der Waals surface area contributed by atoms with Crippen LogP contribution in [0.5, 0.6) is 11.5 Å². The summed E-state index contributed by atoms with van der Waals surface area (Å²) in [5, 5.41) is 2.81. The standard InChI is InChI=1S/C19H21NO4/c1-22-13-14-24-18-6-4-3-5-17(18)20-19(21)12-9-15-7-10-16(23-2)11-8-15/h3-12H,13-14H2,1-2H3,(H,20,21)/b12-9+. The number of ether oxygens (including phenoxy) is 3. The first kappa shape index (κ1) is 17.6. The molecule has 0 spiro atoms. The van der Waals surface area contributed by atoms with Gasteiger partial charge in [-0.05, 0) is 35.9 Å². The van der Waals surface area contributed by atoms with Crippen LogP contribution in [0, 0.1) is 0 Å². The number of nitrogens with one attached hydrogen (secondary N) is 1. The monoisotopic (exact) mass is 327 g/mol. The van der Waals surface area contributed by atoms with Gasteiger partial charge >= 0.3 is 0 Å². The fourth-order valence-electron chi connectivity index (χ4n) is 1.99. The first-order valence-corrected chi connectivity index (χ1v) is 7.57. The molecule has 0 bridgehead atoms. The van der Waals surface area contributed by atoms with Gasteiger partial charge in [0.25, 0.3) is 0 Å². The summed E-state index contributed by atoms with van der Waals surface area (Å²) >= 11 is 0. The van der Waals surface area contributed by atoms with Gasteiger partial charge in [-0.15, -0.1) is 0 Å². The molecule has 126 valence electrons. The molecule has 0 saturated carbocycles. The van der Waals surface area contributed by atoms with Crippen molar-refractivity contribution in [2.75, 3.05) is 32.8 Å². The second-order valence-corrected chi connectivity index (χ2v) is 4.93. The van der Waals surface area contributed by atoms with Crippen LogP contribution < -0.4 is 14.8 Å². The van der Waals surface area contributed by atoms with Gasteiger partial charge in [0.1, 0.15) is 18.1 Å². The molecular formula is C19H21NO4. The summed E-state index contributed by atoms with van der Waals surface area (Å²) in [7, 11) is 3.23. The molecule has 2 rings (SSSR count). The van der Waals surface area contributed by atoms with Gasteiger partial charge in [0.15, 0.2) is 0 Å². The highest BCUT2D eigenvalue weighted by atomic mass is 16.5. The van der Waals surface area contributed by atoms with Gasteiger partial charge in [-0.25, -0.2) is 0 Å². The zero-order valence-corrected chi connectivity index (χ0v) is 13.8. The number of para-hydroxylation sites is 2. The Hall–Kier alpha value is -2.79. The number of rotatable bonds is 8. The lowest BCUT2D eigenvalue weighted by Crippen LogP contribution is -2.11. The van der Waals surface area contributed by atoms with E-state index in [0.717, 1.165) is 11.3 Å². The van der Waals surface area contributed by atoms with E-state index >= 15 is 0 Å². The predicted octanol–water partition coefficient (Wildman–Crippen LogP) is 3.37. The second kappa shape index (κ2) is 9.37.